The van der Waals surface area contributed by atoms with Gasteiger partial charge in [0, 0.05) is 0 Å². The summed E-state index contributed by atoms with van der Waals surface area (Å²) in [5.74, 6) is 0.0600. The molecule has 0 amide bonds. The van der Waals surface area contributed by atoms with Crippen molar-refractivity contribution in [2.45, 2.75) is 142 Å². The monoisotopic (exact) mass is 411 g/mol. The molecule has 0 saturated heterocycles. The Morgan fingerprint density at radius 3 is 1.21 bits per heavy atom. The van der Waals surface area contributed by atoms with Crippen molar-refractivity contribution in [3.05, 3.63) is 0 Å². The van der Waals surface area contributed by atoms with E-state index in [1.165, 1.54) is 89.9 Å². The molecule has 0 aromatic rings. The molecule has 1 atom stereocenters. The summed E-state index contributed by atoms with van der Waals surface area (Å²) in [5, 5.41) is 19.8. The normalized spacial score (nSPS) is 12.6. The molecule has 0 aliphatic carbocycles. The topological polar surface area (TPSA) is 57.2 Å². The molecule has 0 spiro atoms. The number of unbranched alkanes of at least 4 members (excludes halogenated alkanes) is 15. The van der Waals surface area contributed by atoms with E-state index >= 15 is 0 Å². The lowest BCUT2D eigenvalue weighted by atomic mass is 9.94. The van der Waals surface area contributed by atoms with E-state index < -0.39 is 5.97 Å². The minimum Gasteiger partial charge on any atom is -0.481 e. The Morgan fingerprint density at radius 2 is 0.862 bits per heavy atom. The van der Waals surface area contributed by atoms with Gasteiger partial charge in [-0.2, -0.15) is 0 Å². The summed E-state index contributed by atoms with van der Waals surface area (Å²) >= 11 is 0. The fourth-order valence-corrected chi connectivity index (χ4v) is 4.13. The highest BCUT2D eigenvalue weighted by Crippen LogP contribution is 2.20. The fourth-order valence-electron chi connectivity index (χ4n) is 4.13. The van der Waals surface area contributed by atoms with Gasteiger partial charge in [0.25, 0.3) is 0 Å². The summed E-state index contributed by atoms with van der Waals surface area (Å²) < 4.78 is 0. The van der Waals surface area contributed by atoms with Crippen molar-refractivity contribution >= 4 is 5.97 Å². The molecule has 29 heavy (non-hydrogen) atoms. The zero-order chi connectivity index (χ0) is 21.6. The third kappa shape index (κ3) is 21.9. The van der Waals surface area contributed by atoms with Gasteiger partial charge in [-0.1, -0.05) is 123 Å². The van der Waals surface area contributed by atoms with Gasteiger partial charge in [-0.25, -0.2) is 5.11 Å². The highest BCUT2D eigenvalue weighted by Gasteiger charge is 2.16. The van der Waals surface area contributed by atoms with Crippen molar-refractivity contribution in [2.24, 2.45) is 11.8 Å². The molecule has 0 aromatic carbocycles. The highest BCUT2D eigenvalue weighted by molar-refractivity contribution is 5.69. The van der Waals surface area contributed by atoms with E-state index in [0.717, 1.165) is 44.4 Å². The van der Waals surface area contributed by atoms with Crippen molar-refractivity contribution in [2.75, 3.05) is 6.61 Å². The Labute approximate surface area is 182 Å². The molecule has 0 aromatic heterocycles. The molecule has 0 heterocycles. The van der Waals surface area contributed by atoms with Gasteiger partial charge < -0.3 is 5.11 Å². The van der Waals surface area contributed by atoms with Gasteiger partial charge in [0.05, 0.1) is 12.5 Å². The number of hydrogen-bond donors (Lipinski definition) is 1. The average Bonchev–Trinajstić information content (AvgIpc) is 2.68. The van der Waals surface area contributed by atoms with Gasteiger partial charge in [0.1, 0.15) is 0 Å². The van der Waals surface area contributed by atoms with Gasteiger partial charge in [-0.3, -0.25) is 4.79 Å². The Hall–Kier alpha value is -0.570. The van der Waals surface area contributed by atoms with Crippen molar-refractivity contribution in [3.8, 4) is 0 Å². The Bertz CT molecular complexity index is 341. The number of hydrogen-bond acceptors (Lipinski definition) is 1. The van der Waals surface area contributed by atoms with Crippen LogP contribution in [0.2, 0.25) is 0 Å². The predicted octanol–water partition coefficient (Wildman–Crippen LogP) is 8.58. The van der Waals surface area contributed by atoms with E-state index in [4.69, 9.17) is 0 Å². The van der Waals surface area contributed by atoms with Gasteiger partial charge in [0.15, 0.2) is 0 Å². The summed E-state index contributed by atoms with van der Waals surface area (Å²) in [5.41, 5.74) is 0. The van der Waals surface area contributed by atoms with Crippen LogP contribution < -0.4 is 0 Å². The lowest BCUT2D eigenvalue weighted by Crippen LogP contribution is -2.13. The molecule has 173 valence electrons. The van der Waals surface area contributed by atoms with Crippen LogP contribution in [-0.2, 0) is 9.90 Å². The zero-order valence-corrected chi connectivity index (χ0v) is 19.8. The smallest absolute Gasteiger partial charge is 0.306 e. The molecule has 0 saturated carbocycles. The van der Waals surface area contributed by atoms with E-state index in [9.17, 15) is 15.0 Å². The lowest BCUT2D eigenvalue weighted by Gasteiger charge is -2.12. The standard InChI is InChI=1S/C26H51O3/c1-24(2)20-16-15-18-22-25(26(28)29)21-17-13-11-9-7-5-3-4-6-8-10-12-14-19-23-27/h24-25H,3-23H2,1-2H3,(H,28,29). The maximum Gasteiger partial charge on any atom is 0.306 e. The molecule has 0 fully saturated rings. The van der Waals surface area contributed by atoms with Gasteiger partial charge in [0.2, 0.25) is 0 Å². The van der Waals surface area contributed by atoms with Crippen LogP contribution in [0.1, 0.15) is 142 Å². The quantitative estimate of drug-likeness (QED) is 0.171. The first-order valence-electron chi connectivity index (χ1n) is 12.9. The van der Waals surface area contributed by atoms with E-state index in [0.29, 0.717) is 0 Å². The molecular formula is C26H51O3. The molecule has 0 aliphatic rings. The van der Waals surface area contributed by atoms with E-state index in [1.807, 2.05) is 0 Å². The van der Waals surface area contributed by atoms with Crippen LogP contribution in [0.3, 0.4) is 0 Å². The maximum atomic E-state index is 11.4. The SMILES string of the molecule is CC(C)CCCCCC(CCCCCCCCCCCCCCCC[O])C(=O)O. The molecule has 0 bridgehead atoms. The molecule has 1 radical (unpaired) electrons. The van der Waals surface area contributed by atoms with Crippen LogP contribution in [0.25, 0.3) is 0 Å². The third-order valence-corrected chi connectivity index (χ3v) is 6.13. The number of rotatable bonds is 23. The number of aliphatic carboxylic acids is 1. The van der Waals surface area contributed by atoms with Gasteiger partial charge in [-0.15, -0.1) is 0 Å². The maximum absolute atomic E-state index is 11.4. The van der Waals surface area contributed by atoms with Crippen LogP contribution in [0.5, 0.6) is 0 Å². The predicted molar refractivity (Wildman–Crippen MR) is 124 cm³/mol. The summed E-state index contributed by atoms with van der Waals surface area (Å²) in [4.78, 5) is 11.4. The first kappa shape index (κ1) is 28.4. The van der Waals surface area contributed by atoms with Crippen molar-refractivity contribution in [1.29, 1.82) is 0 Å². The largest absolute Gasteiger partial charge is 0.481 e. The minimum atomic E-state index is -0.584. The van der Waals surface area contributed by atoms with E-state index in [2.05, 4.69) is 13.8 Å². The zero-order valence-electron chi connectivity index (χ0n) is 19.8. The average molecular weight is 412 g/mol. The molecule has 3 nitrogen and oxygen atoms in total. The second-order valence-corrected chi connectivity index (χ2v) is 9.51. The first-order valence-corrected chi connectivity index (χ1v) is 12.9. The third-order valence-electron chi connectivity index (χ3n) is 6.13. The Morgan fingerprint density at radius 1 is 0.552 bits per heavy atom. The van der Waals surface area contributed by atoms with Crippen LogP contribution in [0.15, 0.2) is 0 Å². The second-order valence-electron chi connectivity index (χ2n) is 9.51. The van der Waals surface area contributed by atoms with E-state index in [1.54, 1.807) is 0 Å². The summed E-state index contributed by atoms with van der Waals surface area (Å²) in [6, 6.07) is 0. The van der Waals surface area contributed by atoms with Crippen LogP contribution in [-0.4, -0.2) is 17.7 Å². The Balaban J connectivity index is 3.38. The van der Waals surface area contributed by atoms with Crippen molar-refractivity contribution in [3.63, 3.8) is 0 Å². The summed E-state index contributed by atoms with van der Waals surface area (Å²) in [6.07, 6.45) is 24.0. The number of carboxylic acid groups (broad SMARTS) is 1. The van der Waals surface area contributed by atoms with Crippen molar-refractivity contribution < 1.29 is 15.0 Å². The molecular weight excluding hydrogens is 360 g/mol. The summed E-state index contributed by atoms with van der Waals surface area (Å²) in [6.45, 7) is 4.60. The van der Waals surface area contributed by atoms with E-state index in [-0.39, 0.29) is 12.5 Å². The summed E-state index contributed by atoms with van der Waals surface area (Å²) in [7, 11) is 0. The molecule has 0 aliphatic heterocycles. The second kappa shape index (κ2) is 22.1. The number of carboxylic acids is 1. The molecule has 0 rings (SSSR count). The molecule has 3 heteroatoms. The van der Waals surface area contributed by atoms with Gasteiger partial charge in [-0.05, 0) is 25.2 Å². The van der Waals surface area contributed by atoms with Crippen molar-refractivity contribution in [1.82, 2.24) is 0 Å². The fraction of sp³-hybridized carbons (Fsp3) is 0.962. The van der Waals surface area contributed by atoms with Crippen LogP contribution >= 0.6 is 0 Å². The molecule has 1 unspecified atom stereocenters. The molecule has 1 N–H and O–H groups in total. The van der Waals surface area contributed by atoms with Crippen LogP contribution in [0, 0.1) is 11.8 Å². The van der Waals surface area contributed by atoms with Gasteiger partial charge >= 0.3 is 5.97 Å². The Kier molecular flexibility index (Phi) is 21.7. The highest BCUT2D eigenvalue weighted by atomic mass is 16.4. The minimum absolute atomic E-state index is 0.0959. The first-order chi connectivity index (χ1) is 14.1. The number of carbonyl (C=O) groups is 1. The lowest BCUT2D eigenvalue weighted by molar-refractivity contribution is -0.142. The van der Waals surface area contributed by atoms with Crippen LogP contribution in [0.4, 0.5) is 0 Å².